The average molecular weight is 356 g/mol. The Bertz CT molecular complexity index is 739. The molecule has 0 bridgehead atoms. The third-order valence-electron chi connectivity index (χ3n) is 5.30. The predicted octanol–water partition coefficient (Wildman–Crippen LogP) is 2.72. The van der Waals surface area contributed by atoms with Gasteiger partial charge in [-0.2, -0.15) is 11.8 Å². The van der Waals surface area contributed by atoms with E-state index in [-0.39, 0.29) is 11.9 Å². The van der Waals surface area contributed by atoms with Gasteiger partial charge in [-0.3, -0.25) is 14.8 Å². The molecule has 2 saturated heterocycles. The van der Waals surface area contributed by atoms with E-state index in [9.17, 15) is 4.79 Å². The predicted molar refractivity (Wildman–Crippen MR) is 102 cm³/mol. The van der Waals surface area contributed by atoms with Crippen LogP contribution in [0.2, 0.25) is 0 Å². The maximum Gasteiger partial charge on any atom is 0.251 e. The molecule has 2 fully saturated rings. The molecule has 2 aliphatic rings. The molecule has 0 aliphatic carbocycles. The number of nitrogens with zero attached hydrogens (tertiary/aromatic N) is 3. The number of fused-ring (bicyclic) bond motifs is 1. The lowest BCUT2D eigenvalue weighted by atomic mass is 10.0. The first kappa shape index (κ1) is 16.8. The van der Waals surface area contributed by atoms with Gasteiger partial charge in [-0.1, -0.05) is 0 Å². The molecule has 1 aromatic heterocycles. The summed E-state index contributed by atoms with van der Waals surface area (Å²) in [6, 6.07) is 6.56. The molecular weight excluding hydrogens is 332 g/mol. The van der Waals surface area contributed by atoms with E-state index in [2.05, 4.69) is 31.9 Å². The van der Waals surface area contributed by atoms with Gasteiger partial charge in [-0.25, -0.2) is 0 Å². The van der Waals surface area contributed by atoms with E-state index in [4.69, 9.17) is 0 Å². The van der Waals surface area contributed by atoms with Crippen LogP contribution < -0.4 is 5.32 Å². The minimum atomic E-state index is 0.0000643. The Morgan fingerprint density at radius 2 is 1.76 bits per heavy atom. The Kier molecular flexibility index (Phi) is 5.17. The van der Waals surface area contributed by atoms with E-state index in [0.717, 1.165) is 43.0 Å². The first-order valence-corrected chi connectivity index (χ1v) is 10.3. The third kappa shape index (κ3) is 3.96. The quantitative estimate of drug-likeness (QED) is 0.916. The Labute approximate surface area is 152 Å². The van der Waals surface area contributed by atoms with Gasteiger partial charge < -0.3 is 10.2 Å². The second-order valence-corrected chi connectivity index (χ2v) is 8.11. The number of hydrogen-bond acceptors (Lipinski definition) is 5. The average Bonchev–Trinajstić information content (AvgIpc) is 2.69. The number of amides is 1. The molecular formula is C19H24N4OS. The highest BCUT2D eigenvalue weighted by molar-refractivity contribution is 7.99. The fraction of sp³-hybridized carbons (Fsp3) is 0.526. The highest BCUT2D eigenvalue weighted by Crippen LogP contribution is 2.24. The zero-order valence-electron chi connectivity index (χ0n) is 14.4. The number of hydrogen-bond donors (Lipinski definition) is 1. The standard InChI is InChI=1S/C19H24N4OS/c24-19(14-1-2-17-18(13-14)21-8-7-20-17)22-15-3-9-23(10-4-15)16-5-11-25-12-6-16/h1-2,7-8,13,15-16H,3-6,9-12H2,(H,22,24). The fourth-order valence-electron chi connectivity index (χ4n) is 3.83. The summed E-state index contributed by atoms with van der Waals surface area (Å²) in [5.41, 5.74) is 2.25. The number of likely N-dealkylation sites (tertiary alicyclic amines) is 1. The number of piperidine rings is 1. The van der Waals surface area contributed by atoms with Crippen LogP contribution in [-0.4, -0.2) is 57.5 Å². The van der Waals surface area contributed by atoms with Crippen molar-refractivity contribution in [3.05, 3.63) is 36.2 Å². The topological polar surface area (TPSA) is 58.1 Å². The first-order chi connectivity index (χ1) is 12.3. The van der Waals surface area contributed by atoms with Crippen molar-refractivity contribution in [2.45, 2.75) is 37.8 Å². The summed E-state index contributed by atoms with van der Waals surface area (Å²) in [5.74, 6) is 2.60. The summed E-state index contributed by atoms with van der Waals surface area (Å²) in [7, 11) is 0. The summed E-state index contributed by atoms with van der Waals surface area (Å²) in [4.78, 5) is 23.7. The van der Waals surface area contributed by atoms with Gasteiger partial charge >= 0.3 is 0 Å². The van der Waals surface area contributed by atoms with Crippen molar-refractivity contribution in [3.63, 3.8) is 0 Å². The van der Waals surface area contributed by atoms with Crippen molar-refractivity contribution in [3.8, 4) is 0 Å². The zero-order chi connectivity index (χ0) is 17.1. The highest BCUT2D eigenvalue weighted by atomic mass is 32.2. The Morgan fingerprint density at radius 3 is 2.52 bits per heavy atom. The van der Waals surface area contributed by atoms with Gasteiger partial charge in [-0.05, 0) is 55.4 Å². The maximum atomic E-state index is 12.6. The molecule has 1 N–H and O–H groups in total. The molecule has 0 atom stereocenters. The van der Waals surface area contributed by atoms with Crippen molar-refractivity contribution >= 4 is 28.7 Å². The van der Waals surface area contributed by atoms with E-state index in [1.807, 2.05) is 18.2 Å². The number of aromatic nitrogens is 2. The van der Waals surface area contributed by atoms with Crippen LogP contribution in [0, 0.1) is 0 Å². The fourth-order valence-corrected chi connectivity index (χ4v) is 4.91. The lowest BCUT2D eigenvalue weighted by Crippen LogP contribution is -2.48. The number of carbonyl (C=O) groups is 1. The van der Waals surface area contributed by atoms with Gasteiger partial charge in [0, 0.05) is 43.1 Å². The minimum Gasteiger partial charge on any atom is -0.349 e. The van der Waals surface area contributed by atoms with Crippen LogP contribution >= 0.6 is 11.8 Å². The smallest absolute Gasteiger partial charge is 0.251 e. The molecule has 0 saturated carbocycles. The Morgan fingerprint density at radius 1 is 1.04 bits per heavy atom. The second-order valence-electron chi connectivity index (χ2n) is 6.89. The Balaban J connectivity index is 1.33. The number of rotatable bonds is 3. The number of carbonyl (C=O) groups excluding carboxylic acids is 1. The maximum absolute atomic E-state index is 12.6. The summed E-state index contributed by atoms with van der Waals surface area (Å²) in [6.07, 6.45) is 8.05. The van der Waals surface area contributed by atoms with Gasteiger partial charge in [0.2, 0.25) is 0 Å². The lowest BCUT2D eigenvalue weighted by molar-refractivity contribution is 0.0886. The molecule has 6 heteroatoms. The molecule has 0 spiro atoms. The molecule has 2 aromatic rings. The van der Waals surface area contributed by atoms with Crippen molar-refractivity contribution in [2.24, 2.45) is 0 Å². The normalized spacial score (nSPS) is 20.6. The molecule has 25 heavy (non-hydrogen) atoms. The van der Waals surface area contributed by atoms with Crippen molar-refractivity contribution in [1.29, 1.82) is 0 Å². The Hall–Kier alpha value is -1.66. The van der Waals surface area contributed by atoms with Gasteiger partial charge in [0.1, 0.15) is 0 Å². The number of nitrogens with one attached hydrogen (secondary N) is 1. The van der Waals surface area contributed by atoms with E-state index in [1.54, 1.807) is 12.4 Å². The summed E-state index contributed by atoms with van der Waals surface area (Å²) >= 11 is 2.08. The van der Waals surface area contributed by atoms with Crippen LogP contribution in [0.15, 0.2) is 30.6 Å². The number of thioether (sulfide) groups is 1. The SMILES string of the molecule is O=C(NC1CCN(C2CCSCC2)CC1)c1ccc2nccnc2c1. The minimum absolute atomic E-state index is 0.0000643. The molecule has 1 amide bonds. The van der Waals surface area contributed by atoms with Crippen LogP contribution in [0.1, 0.15) is 36.0 Å². The van der Waals surface area contributed by atoms with E-state index in [1.165, 1.54) is 24.3 Å². The summed E-state index contributed by atoms with van der Waals surface area (Å²) < 4.78 is 0. The van der Waals surface area contributed by atoms with Crippen LogP contribution in [0.4, 0.5) is 0 Å². The lowest BCUT2D eigenvalue weighted by Gasteiger charge is -2.39. The molecule has 2 aliphatic heterocycles. The van der Waals surface area contributed by atoms with Crippen LogP contribution in [-0.2, 0) is 0 Å². The molecule has 5 nitrogen and oxygen atoms in total. The second kappa shape index (κ2) is 7.70. The van der Waals surface area contributed by atoms with Gasteiger partial charge in [0.05, 0.1) is 11.0 Å². The van der Waals surface area contributed by atoms with Gasteiger partial charge in [0.15, 0.2) is 0 Å². The third-order valence-corrected chi connectivity index (χ3v) is 6.35. The highest BCUT2D eigenvalue weighted by Gasteiger charge is 2.27. The van der Waals surface area contributed by atoms with Gasteiger partial charge in [0.25, 0.3) is 5.91 Å². The number of benzene rings is 1. The van der Waals surface area contributed by atoms with E-state index >= 15 is 0 Å². The van der Waals surface area contributed by atoms with Gasteiger partial charge in [-0.15, -0.1) is 0 Å². The van der Waals surface area contributed by atoms with Crippen molar-refractivity contribution in [1.82, 2.24) is 20.2 Å². The van der Waals surface area contributed by atoms with Crippen molar-refractivity contribution in [2.75, 3.05) is 24.6 Å². The molecule has 0 unspecified atom stereocenters. The van der Waals surface area contributed by atoms with E-state index < -0.39 is 0 Å². The molecule has 1 aromatic carbocycles. The largest absolute Gasteiger partial charge is 0.349 e. The van der Waals surface area contributed by atoms with Crippen LogP contribution in [0.5, 0.6) is 0 Å². The molecule has 132 valence electrons. The first-order valence-electron chi connectivity index (χ1n) is 9.13. The monoisotopic (exact) mass is 356 g/mol. The summed E-state index contributed by atoms with van der Waals surface area (Å²) in [5, 5.41) is 3.21. The molecule has 4 rings (SSSR count). The summed E-state index contributed by atoms with van der Waals surface area (Å²) in [6.45, 7) is 2.20. The van der Waals surface area contributed by atoms with Crippen LogP contribution in [0.3, 0.4) is 0 Å². The molecule has 3 heterocycles. The van der Waals surface area contributed by atoms with E-state index in [0.29, 0.717) is 5.56 Å². The zero-order valence-corrected chi connectivity index (χ0v) is 15.2. The molecule has 0 radical (unpaired) electrons. The van der Waals surface area contributed by atoms with Crippen LogP contribution in [0.25, 0.3) is 11.0 Å². The van der Waals surface area contributed by atoms with Crippen molar-refractivity contribution < 1.29 is 4.79 Å².